The number of Topliss-reactive ketones (excluding diaryl/α,β-unsaturated/α-hetero) is 1. The molecule has 0 spiro atoms. The predicted octanol–water partition coefficient (Wildman–Crippen LogP) is 3.91. The standard InChI is InChI=1S/C24H20N2O5/c1-16-6-2-3-7-18(16)15-25-21-9-5-4-8-20(21)24(29,23(25)28)14-22(27)17-10-12-19(13-11-17)26(30)31/h2-13,29H,14-15H2,1H3/t24-/m1/s1. The van der Waals surface area contributed by atoms with Crippen molar-refractivity contribution < 1.29 is 19.6 Å². The molecule has 4 rings (SSSR count). The van der Waals surface area contributed by atoms with Crippen molar-refractivity contribution in [3.05, 3.63) is 105 Å². The van der Waals surface area contributed by atoms with Crippen LogP contribution in [0.5, 0.6) is 0 Å². The Morgan fingerprint density at radius 2 is 1.68 bits per heavy atom. The average Bonchev–Trinajstić information content (AvgIpc) is 2.97. The van der Waals surface area contributed by atoms with Gasteiger partial charge >= 0.3 is 0 Å². The number of carbonyl (C=O) groups is 2. The quantitative estimate of drug-likeness (QED) is 0.373. The lowest BCUT2D eigenvalue weighted by Crippen LogP contribution is -2.41. The summed E-state index contributed by atoms with van der Waals surface area (Å²) in [5, 5.41) is 22.2. The van der Waals surface area contributed by atoms with Gasteiger partial charge in [-0.1, -0.05) is 42.5 Å². The molecule has 1 N–H and O–H groups in total. The molecule has 0 fully saturated rings. The third kappa shape index (κ3) is 3.60. The lowest BCUT2D eigenvalue weighted by atomic mass is 9.88. The Hall–Kier alpha value is -3.84. The van der Waals surface area contributed by atoms with Crippen molar-refractivity contribution in [2.24, 2.45) is 0 Å². The Balaban J connectivity index is 1.65. The van der Waals surface area contributed by atoms with Crippen LogP contribution in [0.4, 0.5) is 11.4 Å². The second-order valence-electron chi connectivity index (χ2n) is 7.60. The molecule has 7 nitrogen and oxygen atoms in total. The summed E-state index contributed by atoms with van der Waals surface area (Å²) in [6.45, 7) is 2.22. The maximum absolute atomic E-state index is 13.3. The molecule has 0 aromatic heterocycles. The summed E-state index contributed by atoms with van der Waals surface area (Å²) < 4.78 is 0. The van der Waals surface area contributed by atoms with Crippen LogP contribution in [0.2, 0.25) is 0 Å². The van der Waals surface area contributed by atoms with Crippen LogP contribution >= 0.6 is 0 Å². The van der Waals surface area contributed by atoms with E-state index in [0.29, 0.717) is 11.3 Å². The molecule has 0 saturated carbocycles. The highest BCUT2D eigenvalue weighted by Gasteiger charge is 2.50. The Morgan fingerprint density at radius 1 is 1.03 bits per heavy atom. The number of anilines is 1. The summed E-state index contributed by atoms with van der Waals surface area (Å²) in [7, 11) is 0. The Bertz CT molecular complexity index is 1190. The minimum absolute atomic E-state index is 0.137. The number of nitro benzene ring substituents is 1. The monoisotopic (exact) mass is 416 g/mol. The van der Waals surface area contributed by atoms with Crippen molar-refractivity contribution in [3.63, 3.8) is 0 Å². The molecule has 3 aromatic carbocycles. The number of ketones is 1. The molecule has 1 amide bonds. The van der Waals surface area contributed by atoms with Crippen LogP contribution in [0, 0.1) is 17.0 Å². The molecule has 0 radical (unpaired) electrons. The van der Waals surface area contributed by atoms with Crippen molar-refractivity contribution in [2.45, 2.75) is 25.5 Å². The number of nitrogens with zero attached hydrogens (tertiary/aromatic N) is 2. The third-order valence-corrected chi connectivity index (χ3v) is 5.65. The molecule has 31 heavy (non-hydrogen) atoms. The number of benzene rings is 3. The van der Waals surface area contributed by atoms with Crippen molar-refractivity contribution in [2.75, 3.05) is 4.90 Å². The molecule has 1 atom stereocenters. The first-order valence-electron chi connectivity index (χ1n) is 9.77. The Morgan fingerprint density at radius 3 is 2.35 bits per heavy atom. The van der Waals surface area contributed by atoms with Gasteiger partial charge in [0.15, 0.2) is 11.4 Å². The van der Waals surface area contributed by atoms with E-state index in [2.05, 4.69) is 0 Å². The highest BCUT2D eigenvalue weighted by atomic mass is 16.6. The molecular weight excluding hydrogens is 396 g/mol. The van der Waals surface area contributed by atoms with E-state index >= 15 is 0 Å². The van der Waals surface area contributed by atoms with Gasteiger partial charge in [0.05, 0.1) is 23.6 Å². The molecule has 3 aromatic rings. The van der Waals surface area contributed by atoms with Crippen LogP contribution in [0.25, 0.3) is 0 Å². The topological polar surface area (TPSA) is 101 Å². The van der Waals surface area contributed by atoms with Gasteiger partial charge in [-0.05, 0) is 36.2 Å². The second kappa shape index (κ2) is 7.77. The number of hydrogen-bond donors (Lipinski definition) is 1. The van der Waals surface area contributed by atoms with Crippen LogP contribution < -0.4 is 4.90 Å². The summed E-state index contributed by atoms with van der Waals surface area (Å²) in [6.07, 6.45) is -0.453. The van der Waals surface area contributed by atoms with E-state index < -0.39 is 28.6 Å². The van der Waals surface area contributed by atoms with Crippen LogP contribution in [-0.2, 0) is 16.9 Å². The van der Waals surface area contributed by atoms with Crippen LogP contribution in [-0.4, -0.2) is 21.7 Å². The molecular formula is C24H20N2O5. The fourth-order valence-electron chi connectivity index (χ4n) is 3.90. The maximum atomic E-state index is 13.3. The smallest absolute Gasteiger partial charge is 0.269 e. The van der Waals surface area contributed by atoms with E-state index in [0.717, 1.165) is 11.1 Å². The summed E-state index contributed by atoms with van der Waals surface area (Å²) in [5.74, 6) is -1.04. The highest BCUT2D eigenvalue weighted by Crippen LogP contribution is 2.43. The number of hydrogen-bond acceptors (Lipinski definition) is 5. The first-order chi connectivity index (χ1) is 14.8. The fourth-order valence-corrected chi connectivity index (χ4v) is 3.90. The number of nitro groups is 1. The number of aliphatic hydroxyl groups is 1. The molecule has 0 saturated heterocycles. The molecule has 1 heterocycles. The number of aryl methyl sites for hydroxylation is 1. The average molecular weight is 416 g/mol. The van der Waals surface area contributed by atoms with Crippen molar-refractivity contribution >= 4 is 23.1 Å². The van der Waals surface area contributed by atoms with Gasteiger partial charge in [0, 0.05) is 23.3 Å². The van der Waals surface area contributed by atoms with E-state index in [-0.39, 0.29) is 17.8 Å². The van der Waals surface area contributed by atoms with Gasteiger partial charge in [-0.25, -0.2) is 0 Å². The summed E-state index contributed by atoms with van der Waals surface area (Å²) in [5.41, 5.74) is 0.960. The SMILES string of the molecule is Cc1ccccc1CN1C(=O)[C@@](O)(CC(=O)c2ccc([N+](=O)[O-])cc2)c2ccccc21. The van der Waals surface area contributed by atoms with Crippen LogP contribution in [0.15, 0.2) is 72.8 Å². The normalized spacial score (nSPS) is 17.5. The zero-order chi connectivity index (χ0) is 22.2. The molecule has 0 bridgehead atoms. The molecule has 0 aliphatic carbocycles. The first-order valence-corrected chi connectivity index (χ1v) is 9.77. The molecule has 0 unspecified atom stereocenters. The fraction of sp³-hybridized carbons (Fsp3) is 0.167. The van der Waals surface area contributed by atoms with E-state index in [1.54, 1.807) is 24.3 Å². The molecule has 1 aliphatic heterocycles. The Labute approximate surface area is 178 Å². The molecule has 7 heteroatoms. The van der Waals surface area contributed by atoms with Crippen LogP contribution in [0.1, 0.15) is 33.5 Å². The van der Waals surface area contributed by atoms with E-state index in [4.69, 9.17) is 0 Å². The summed E-state index contributed by atoms with van der Waals surface area (Å²) in [6, 6.07) is 19.7. The van der Waals surface area contributed by atoms with Gasteiger partial charge in [0.25, 0.3) is 11.6 Å². The molecule has 1 aliphatic rings. The summed E-state index contributed by atoms with van der Waals surface area (Å²) >= 11 is 0. The first kappa shape index (κ1) is 20.4. The lowest BCUT2D eigenvalue weighted by molar-refractivity contribution is -0.384. The van der Waals surface area contributed by atoms with E-state index in [9.17, 15) is 24.8 Å². The number of fused-ring (bicyclic) bond motifs is 1. The van der Waals surface area contributed by atoms with Gasteiger partial charge in [0.2, 0.25) is 0 Å². The van der Waals surface area contributed by atoms with Crippen molar-refractivity contribution in [3.8, 4) is 0 Å². The van der Waals surface area contributed by atoms with Gasteiger partial charge in [-0.15, -0.1) is 0 Å². The maximum Gasteiger partial charge on any atom is 0.269 e. The van der Waals surface area contributed by atoms with Crippen molar-refractivity contribution in [1.29, 1.82) is 0 Å². The zero-order valence-electron chi connectivity index (χ0n) is 16.8. The predicted molar refractivity (Wildman–Crippen MR) is 115 cm³/mol. The van der Waals surface area contributed by atoms with Gasteiger partial charge in [0.1, 0.15) is 0 Å². The third-order valence-electron chi connectivity index (χ3n) is 5.65. The van der Waals surface area contributed by atoms with E-state index in [1.807, 2.05) is 31.2 Å². The van der Waals surface area contributed by atoms with Gasteiger partial charge in [-0.2, -0.15) is 0 Å². The van der Waals surface area contributed by atoms with Gasteiger partial charge < -0.3 is 10.0 Å². The largest absolute Gasteiger partial charge is 0.375 e. The Kier molecular flexibility index (Phi) is 5.12. The zero-order valence-corrected chi connectivity index (χ0v) is 16.8. The number of para-hydroxylation sites is 1. The number of rotatable bonds is 6. The number of non-ortho nitro benzene ring substituents is 1. The van der Waals surface area contributed by atoms with E-state index in [1.165, 1.54) is 29.2 Å². The second-order valence-corrected chi connectivity index (χ2v) is 7.60. The number of amides is 1. The molecule has 156 valence electrons. The number of carbonyl (C=O) groups excluding carboxylic acids is 2. The highest BCUT2D eigenvalue weighted by molar-refractivity contribution is 6.10. The summed E-state index contributed by atoms with van der Waals surface area (Å²) in [4.78, 5) is 38.0. The van der Waals surface area contributed by atoms with Crippen LogP contribution in [0.3, 0.4) is 0 Å². The minimum atomic E-state index is -2.00. The van der Waals surface area contributed by atoms with Gasteiger partial charge in [-0.3, -0.25) is 19.7 Å². The van der Waals surface area contributed by atoms with Crippen molar-refractivity contribution in [1.82, 2.24) is 0 Å². The minimum Gasteiger partial charge on any atom is -0.375 e. The lowest BCUT2D eigenvalue weighted by Gasteiger charge is -2.23.